The van der Waals surface area contributed by atoms with E-state index in [0.29, 0.717) is 0 Å². The molecule has 14 heavy (non-hydrogen) atoms. The summed E-state index contributed by atoms with van der Waals surface area (Å²) in [5, 5.41) is 3.41. The van der Waals surface area contributed by atoms with Crippen LogP contribution in [-0.2, 0) is 0 Å². The van der Waals surface area contributed by atoms with E-state index < -0.39 is 0 Å². The van der Waals surface area contributed by atoms with E-state index in [-0.39, 0.29) is 0 Å². The number of halogens is 1. The van der Waals surface area contributed by atoms with Gasteiger partial charge in [-0.3, -0.25) is 0 Å². The molecular weight excluding hydrogens is 238 g/mol. The fourth-order valence-corrected chi connectivity index (χ4v) is 3.06. The number of hydrogen-bond donors (Lipinski definition) is 1. The molecule has 1 saturated heterocycles. The van der Waals surface area contributed by atoms with Crippen LogP contribution in [-0.4, -0.2) is 13.1 Å². The standard InChI is InChI=1S/C12H16BrN/c1-9-3-2-4-11(13)12(9)10-5-7-14-8-6-10/h2-4,10,14H,5-8H2,1H3. The van der Waals surface area contributed by atoms with E-state index in [1.807, 2.05) is 0 Å². The highest BCUT2D eigenvalue weighted by atomic mass is 79.9. The highest BCUT2D eigenvalue weighted by molar-refractivity contribution is 9.10. The van der Waals surface area contributed by atoms with Crippen molar-refractivity contribution in [2.24, 2.45) is 0 Å². The first-order chi connectivity index (χ1) is 6.79. The van der Waals surface area contributed by atoms with Crippen molar-refractivity contribution in [3.05, 3.63) is 33.8 Å². The highest BCUT2D eigenvalue weighted by Gasteiger charge is 2.18. The molecule has 76 valence electrons. The molecule has 0 aliphatic carbocycles. The van der Waals surface area contributed by atoms with Gasteiger partial charge in [-0.15, -0.1) is 0 Å². The zero-order chi connectivity index (χ0) is 9.97. The maximum absolute atomic E-state index is 3.66. The molecule has 1 heterocycles. The molecule has 2 heteroatoms. The van der Waals surface area contributed by atoms with Gasteiger partial charge in [-0.2, -0.15) is 0 Å². The molecule has 1 aromatic rings. The van der Waals surface area contributed by atoms with Crippen LogP contribution in [0, 0.1) is 6.92 Å². The Labute approximate surface area is 94.0 Å². The normalized spacial score (nSPS) is 18.4. The Hall–Kier alpha value is -0.340. The van der Waals surface area contributed by atoms with Gasteiger partial charge in [0, 0.05) is 4.47 Å². The van der Waals surface area contributed by atoms with E-state index in [4.69, 9.17) is 0 Å². The molecule has 1 aliphatic rings. The van der Waals surface area contributed by atoms with Gasteiger partial charge >= 0.3 is 0 Å². The average molecular weight is 254 g/mol. The van der Waals surface area contributed by atoms with E-state index in [0.717, 1.165) is 19.0 Å². The molecule has 1 N–H and O–H groups in total. The predicted octanol–water partition coefficient (Wildman–Crippen LogP) is 3.22. The molecule has 2 rings (SSSR count). The Morgan fingerprint density at radius 3 is 2.64 bits per heavy atom. The molecule has 1 aromatic carbocycles. The summed E-state index contributed by atoms with van der Waals surface area (Å²) < 4.78 is 1.28. The first-order valence-corrected chi connectivity index (χ1v) is 6.04. The van der Waals surface area contributed by atoms with Crippen LogP contribution < -0.4 is 5.32 Å². The Kier molecular flexibility index (Phi) is 3.24. The van der Waals surface area contributed by atoms with Crippen molar-refractivity contribution >= 4 is 15.9 Å². The average Bonchev–Trinajstić information content (AvgIpc) is 2.19. The van der Waals surface area contributed by atoms with Gasteiger partial charge < -0.3 is 5.32 Å². The zero-order valence-corrected chi connectivity index (χ0v) is 10.1. The molecule has 0 unspecified atom stereocenters. The van der Waals surface area contributed by atoms with Gasteiger partial charge in [-0.1, -0.05) is 28.1 Å². The highest BCUT2D eigenvalue weighted by Crippen LogP contribution is 2.33. The monoisotopic (exact) mass is 253 g/mol. The first kappa shape index (κ1) is 10.2. The number of aryl methyl sites for hydroxylation is 1. The van der Waals surface area contributed by atoms with Crippen LogP contribution in [0.2, 0.25) is 0 Å². The smallest absolute Gasteiger partial charge is 0.0212 e. The lowest BCUT2D eigenvalue weighted by Crippen LogP contribution is -2.27. The van der Waals surface area contributed by atoms with Crippen molar-refractivity contribution < 1.29 is 0 Å². The molecule has 0 atom stereocenters. The van der Waals surface area contributed by atoms with Crippen LogP contribution in [0.25, 0.3) is 0 Å². The minimum Gasteiger partial charge on any atom is -0.317 e. The van der Waals surface area contributed by atoms with Crippen LogP contribution in [0.1, 0.15) is 29.9 Å². The van der Waals surface area contributed by atoms with E-state index >= 15 is 0 Å². The van der Waals surface area contributed by atoms with Gasteiger partial charge in [0.1, 0.15) is 0 Å². The van der Waals surface area contributed by atoms with E-state index in [1.54, 1.807) is 0 Å². The minimum absolute atomic E-state index is 0.742. The lowest BCUT2D eigenvalue weighted by Gasteiger charge is -2.25. The zero-order valence-electron chi connectivity index (χ0n) is 8.52. The molecule has 0 aromatic heterocycles. The summed E-state index contributed by atoms with van der Waals surface area (Å²) in [6.07, 6.45) is 2.53. The molecule has 0 spiro atoms. The maximum atomic E-state index is 3.66. The Morgan fingerprint density at radius 2 is 2.00 bits per heavy atom. The molecule has 1 aliphatic heterocycles. The fraction of sp³-hybridized carbons (Fsp3) is 0.500. The van der Waals surface area contributed by atoms with Crippen molar-refractivity contribution in [2.75, 3.05) is 13.1 Å². The van der Waals surface area contributed by atoms with E-state index in [1.165, 1.54) is 28.4 Å². The second-order valence-corrected chi connectivity index (χ2v) is 4.85. The number of piperidine rings is 1. The largest absolute Gasteiger partial charge is 0.317 e. The van der Waals surface area contributed by atoms with Crippen molar-refractivity contribution in [3.63, 3.8) is 0 Å². The third-order valence-electron chi connectivity index (χ3n) is 3.02. The Balaban J connectivity index is 2.29. The fourth-order valence-electron chi connectivity index (χ4n) is 2.27. The van der Waals surface area contributed by atoms with Crippen molar-refractivity contribution in [3.8, 4) is 0 Å². The summed E-state index contributed by atoms with van der Waals surface area (Å²) in [4.78, 5) is 0. The van der Waals surface area contributed by atoms with Gasteiger partial charge in [0.2, 0.25) is 0 Å². The van der Waals surface area contributed by atoms with Crippen molar-refractivity contribution in [2.45, 2.75) is 25.7 Å². The molecule has 0 saturated carbocycles. The Bertz CT molecular complexity index is 296. The Morgan fingerprint density at radius 1 is 1.29 bits per heavy atom. The van der Waals surface area contributed by atoms with Gasteiger partial charge in [-0.05, 0) is 56.0 Å². The number of nitrogens with one attached hydrogen (secondary N) is 1. The van der Waals surface area contributed by atoms with Crippen LogP contribution in [0.4, 0.5) is 0 Å². The van der Waals surface area contributed by atoms with Crippen molar-refractivity contribution in [1.82, 2.24) is 5.32 Å². The molecule has 0 bridgehead atoms. The number of rotatable bonds is 1. The van der Waals surface area contributed by atoms with Crippen LogP contribution in [0.15, 0.2) is 22.7 Å². The quantitative estimate of drug-likeness (QED) is 0.811. The molecule has 0 radical (unpaired) electrons. The number of hydrogen-bond acceptors (Lipinski definition) is 1. The van der Waals surface area contributed by atoms with Crippen LogP contribution in [0.5, 0.6) is 0 Å². The van der Waals surface area contributed by atoms with Crippen LogP contribution >= 0.6 is 15.9 Å². The summed E-state index contributed by atoms with van der Waals surface area (Å²) in [5.74, 6) is 0.742. The second kappa shape index (κ2) is 4.45. The summed E-state index contributed by atoms with van der Waals surface area (Å²) >= 11 is 3.66. The maximum Gasteiger partial charge on any atom is 0.0212 e. The summed E-state index contributed by atoms with van der Waals surface area (Å²) in [7, 11) is 0. The van der Waals surface area contributed by atoms with Gasteiger partial charge in [0.05, 0.1) is 0 Å². The third-order valence-corrected chi connectivity index (χ3v) is 3.71. The van der Waals surface area contributed by atoms with E-state index in [9.17, 15) is 0 Å². The topological polar surface area (TPSA) is 12.0 Å². The summed E-state index contributed by atoms with van der Waals surface area (Å²) in [5.41, 5.74) is 2.94. The van der Waals surface area contributed by atoms with Crippen LogP contribution in [0.3, 0.4) is 0 Å². The van der Waals surface area contributed by atoms with Gasteiger partial charge in [0.15, 0.2) is 0 Å². The molecule has 1 fully saturated rings. The van der Waals surface area contributed by atoms with Gasteiger partial charge in [-0.25, -0.2) is 0 Å². The molecule has 0 amide bonds. The second-order valence-electron chi connectivity index (χ2n) is 3.99. The summed E-state index contributed by atoms with van der Waals surface area (Å²) in [6.45, 7) is 4.53. The molecule has 1 nitrogen and oxygen atoms in total. The van der Waals surface area contributed by atoms with Gasteiger partial charge in [0.25, 0.3) is 0 Å². The predicted molar refractivity (Wildman–Crippen MR) is 63.7 cm³/mol. The lowest BCUT2D eigenvalue weighted by molar-refractivity contribution is 0.458. The third kappa shape index (κ3) is 2.01. The molecular formula is C12H16BrN. The van der Waals surface area contributed by atoms with Crippen molar-refractivity contribution in [1.29, 1.82) is 0 Å². The minimum atomic E-state index is 0.742. The first-order valence-electron chi connectivity index (χ1n) is 5.25. The summed E-state index contributed by atoms with van der Waals surface area (Å²) in [6, 6.07) is 6.48. The SMILES string of the molecule is Cc1cccc(Br)c1C1CCNCC1. The lowest BCUT2D eigenvalue weighted by atomic mass is 9.87. The number of benzene rings is 1. The van der Waals surface area contributed by atoms with E-state index in [2.05, 4.69) is 46.4 Å².